The van der Waals surface area contributed by atoms with Crippen molar-refractivity contribution in [2.75, 3.05) is 17.7 Å². The minimum absolute atomic E-state index is 0.00131. The summed E-state index contributed by atoms with van der Waals surface area (Å²) in [5.74, 6) is 0.760. The Labute approximate surface area is 172 Å². The van der Waals surface area contributed by atoms with Crippen LogP contribution in [0, 0.1) is 0 Å². The van der Waals surface area contributed by atoms with Gasteiger partial charge in [0.25, 0.3) is 0 Å². The Morgan fingerprint density at radius 1 is 1.39 bits per heavy atom. The van der Waals surface area contributed by atoms with Crippen LogP contribution in [-0.2, 0) is 15.6 Å². The summed E-state index contributed by atoms with van der Waals surface area (Å²) in [6.45, 7) is 1.80. The zero-order valence-corrected chi connectivity index (χ0v) is 17.6. The number of hydrogen-bond donors (Lipinski definition) is 1. The van der Waals surface area contributed by atoms with Gasteiger partial charge in [-0.05, 0) is 31.5 Å². The molecule has 2 aromatic heterocycles. The van der Waals surface area contributed by atoms with E-state index in [0.717, 1.165) is 31.9 Å². The van der Waals surface area contributed by atoms with E-state index in [-0.39, 0.29) is 11.7 Å². The van der Waals surface area contributed by atoms with Gasteiger partial charge in [0, 0.05) is 34.3 Å². The van der Waals surface area contributed by atoms with E-state index in [1.807, 2.05) is 18.2 Å². The molecule has 2 atom stereocenters. The van der Waals surface area contributed by atoms with Gasteiger partial charge >= 0.3 is 0 Å². The predicted octanol–water partition coefficient (Wildman–Crippen LogP) is 2.74. The highest BCUT2D eigenvalue weighted by Crippen LogP contribution is 2.51. The lowest BCUT2D eigenvalue weighted by molar-refractivity contribution is 0.482. The van der Waals surface area contributed by atoms with Crippen LogP contribution >= 0.6 is 22.9 Å². The molecule has 0 bridgehead atoms. The number of aromatic nitrogens is 1. The minimum atomic E-state index is -3.51. The minimum Gasteiger partial charge on any atom is -0.369 e. The monoisotopic (exact) mass is 435 g/mol. The molecule has 2 aliphatic heterocycles. The van der Waals surface area contributed by atoms with Crippen LogP contribution in [-0.4, -0.2) is 42.5 Å². The Bertz CT molecular complexity index is 1170. The third-order valence-corrected chi connectivity index (χ3v) is 8.97. The molecule has 2 N–H and O–H groups in total. The number of hydrogen-bond acceptors (Lipinski definition) is 7. The van der Waals surface area contributed by atoms with E-state index in [4.69, 9.17) is 17.3 Å². The zero-order valence-electron chi connectivity index (χ0n) is 15.3. The van der Waals surface area contributed by atoms with Crippen LogP contribution in [0.4, 0.5) is 5.82 Å². The first-order valence-corrected chi connectivity index (χ1v) is 11.6. The van der Waals surface area contributed by atoms with Crippen LogP contribution in [0.3, 0.4) is 0 Å². The van der Waals surface area contributed by atoms with Gasteiger partial charge in [-0.2, -0.15) is 0 Å². The van der Waals surface area contributed by atoms with Gasteiger partial charge in [0.2, 0.25) is 16.0 Å². The molecule has 4 heterocycles. The lowest BCUT2D eigenvalue weighted by atomic mass is 10.0. The molecule has 0 spiro atoms. The highest BCUT2D eigenvalue weighted by Gasteiger charge is 2.48. The van der Waals surface area contributed by atoms with E-state index in [0.29, 0.717) is 11.1 Å². The van der Waals surface area contributed by atoms with Crippen molar-refractivity contribution in [1.82, 2.24) is 9.29 Å². The highest BCUT2D eigenvalue weighted by atomic mass is 35.5. The molecular weight excluding hydrogens is 418 g/mol. The topological polar surface area (TPSA) is 91.7 Å². The Balaban J connectivity index is 1.56. The molecule has 0 aromatic carbocycles. The van der Waals surface area contributed by atoms with Crippen LogP contribution in [0.15, 0.2) is 41.2 Å². The number of halogens is 1. The van der Waals surface area contributed by atoms with Crippen molar-refractivity contribution in [2.24, 2.45) is 10.7 Å². The van der Waals surface area contributed by atoms with Crippen LogP contribution in [0.5, 0.6) is 0 Å². The molecule has 7 nitrogen and oxygen atoms in total. The lowest BCUT2D eigenvalue weighted by Crippen LogP contribution is -2.50. The van der Waals surface area contributed by atoms with Gasteiger partial charge in [0.05, 0.1) is 16.8 Å². The maximum Gasteiger partial charge on any atom is 0.239 e. The van der Waals surface area contributed by atoms with E-state index in [1.165, 1.54) is 24.1 Å². The predicted molar refractivity (Wildman–Crippen MR) is 112 cm³/mol. The number of rotatable bonds is 3. The first-order chi connectivity index (χ1) is 13.2. The number of nitrogens with zero attached hydrogens (tertiary/aromatic N) is 4. The maximum absolute atomic E-state index is 12.5. The van der Waals surface area contributed by atoms with Crippen LogP contribution in [0.1, 0.15) is 18.2 Å². The molecule has 2 aromatic rings. The van der Waals surface area contributed by atoms with Gasteiger partial charge in [-0.15, -0.1) is 11.3 Å². The average Bonchev–Trinajstić information content (AvgIpc) is 2.97. The molecular formula is C18H18ClN5O2S2. The summed E-state index contributed by atoms with van der Waals surface area (Å²) in [7, 11) is -2.09. The smallest absolute Gasteiger partial charge is 0.239 e. The van der Waals surface area contributed by atoms with Crippen molar-refractivity contribution in [3.05, 3.63) is 46.1 Å². The molecule has 1 aliphatic carbocycles. The summed E-state index contributed by atoms with van der Waals surface area (Å²) in [6, 6.07) is 6.26. The fraction of sp³-hybridized carbons (Fsp3) is 0.333. The lowest BCUT2D eigenvalue weighted by Gasteiger charge is -2.33. The standard InChI is InChI=1S/C18H18ClN5O2S2/c1-18(9-28(25,26)23(2)17(20)22-18)15-6-5-14(27-15)11-7-10(19)8-21-16(11)24-12-3-4-13(12)24/h3,5-8,13H,4,9H2,1-2H3,(H2,20,22)/t13?,18-,24?/m0/s1. The summed E-state index contributed by atoms with van der Waals surface area (Å²) >= 11 is 7.72. The zero-order chi connectivity index (χ0) is 19.8. The summed E-state index contributed by atoms with van der Waals surface area (Å²) in [4.78, 5) is 13.0. The molecule has 146 valence electrons. The van der Waals surface area contributed by atoms with Gasteiger partial charge in [0.1, 0.15) is 11.4 Å². The first-order valence-electron chi connectivity index (χ1n) is 8.77. The second kappa shape index (κ2) is 5.71. The molecule has 0 radical (unpaired) electrons. The van der Waals surface area contributed by atoms with E-state index < -0.39 is 15.6 Å². The maximum atomic E-state index is 12.5. The number of pyridine rings is 1. The van der Waals surface area contributed by atoms with Crippen LogP contribution in [0.25, 0.3) is 10.4 Å². The molecule has 0 saturated carbocycles. The molecule has 28 heavy (non-hydrogen) atoms. The SMILES string of the molecule is CN1C(N)=N[C@](C)(c2ccc(-c3cc(Cl)cnc3N3C4=CCC43)s2)CS1(=O)=O. The highest BCUT2D eigenvalue weighted by molar-refractivity contribution is 7.89. The third kappa shape index (κ3) is 2.57. The fourth-order valence-corrected chi connectivity index (χ4v) is 6.52. The van der Waals surface area contributed by atoms with Gasteiger partial charge < -0.3 is 10.6 Å². The van der Waals surface area contributed by atoms with E-state index in [1.54, 1.807) is 13.1 Å². The number of sulfonamides is 1. The molecule has 1 fully saturated rings. The number of anilines is 1. The number of nitrogens with two attached hydrogens (primary N) is 1. The Hall–Kier alpha value is -2.10. The van der Waals surface area contributed by atoms with Gasteiger partial charge in [-0.25, -0.2) is 22.7 Å². The summed E-state index contributed by atoms with van der Waals surface area (Å²) in [6.07, 6.45) is 4.90. The normalized spacial score (nSPS) is 27.6. The van der Waals surface area contributed by atoms with E-state index in [2.05, 4.69) is 21.0 Å². The first kappa shape index (κ1) is 18.0. The molecule has 1 saturated heterocycles. The third-order valence-electron chi connectivity index (χ3n) is 5.44. The van der Waals surface area contributed by atoms with Crippen LogP contribution < -0.4 is 10.6 Å². The molecule has 1 unspecified atom stereocenters. The second-order valence-corrected chi connectivity index (χ2v) is 10.9. The largest absolute Gasteiger partial charge is 0.369 e. The van der Waals surface area contributed by atoms with Crippen molar-refractivity contribution >= 4 is 44.7 Å². The number of aliphatic imine (C=N–C) groups is 1. The summed E-state index contributed by atoms with van der Waals surface area (Å²) in [5.41, 5.74) is 7.19. The van der Waals surface area contributed by atoms with Crippen molar-refractivity contribution < 1.29 is 8.42 Å². The van der Waals surface area contributed by atoms with Crippen molar-refractivity contribution in [3.8, 4) is 10.4 Å². The number of thiophene rings is 1. The van der Waals surface area contributed by atoms with Crippen molar-refractivity contribution in [3.63, 3.8) is 0 Å². The van der Waals surface area contributed by atoms with Gasteiger partial charge in [-0.1, -0.05) is 17.7 Å². The van der Waals surface area contributed by atoms with Crippen LogP contribution in [0.2, 0.25) is 5.02 Å². The molecule has 0 amide bonds. The average molecular weight is 436 g/mol. The quantitative estimate of drug-likeness (QED) is 0.748. The summed E-state index contributed by atoms with van der Waals surface area (Å²) < 4.78 is 26.0. The fourth-order valence-electron chi connectivity index (χ4n) is 3.71. The van der Waals surface area contributed by atoms with E-state index >= 15 is 0 Å². The Morgan fingerprint density at radius 3 is 2.79 bits per heavy atom. The Morgan fingerprint density at radius 2 is 2.14 bits per heavy atom. The molecule has 5 rings (SSSR count). The van der Waals surface area contributed by atoms with Crippen molar-refractivity contribution in [2.45, 2.75) is 24.9 Å². The van der Waals surface area contributed by atoms with Gasteiger partial charge in [0.15, 0.2) is 0 Å². The molecule has 3 aliphatic rings. The Kier molecular flexibility index (Phi) is 3.66. The van der Waals surface area contributed by atoms with Gasteiger partial charge in [-0.3, -0.25) is 0 Å². The summed E-state index contributed by atoms with van der Waals surface area (Å²) in [5, 5.41) is 0.562. The number of guanidine groups is 1. The molecule has 10 heteroatoms. The number of fused-ring (bicyclic) bond motifs is 1. The second-order valence-electron chi connectivity index (χ2n) is 7.41. The van der Waals surface area contributed by atoms with E-state index in [9.17, 15) is 8.42 Å². The van der Waals surface area contributed by atoms with Crippen molar-refractivity contribution in [1.29, 1.82) is 0 Å².